The van der Waals surface area contributed by atoms with Gasteiger partial charge in [-0.15, -0.1) is 0 Å². The van der Waals surface area contributed by atoms with E-state index in [0.717, 1.165) is 5.82 Å². The van der Waals surface area contributed by atoms with Gasteiger partial charge >= 0.3 is 7.60 Å². The van der Waals surface area contributed by atoms with Gasteiger partial charge in [-0.25, -0.2) is 15.0 Å². The second-order valence-corrected chi connectivity index (χ2v) is 6.01. The number of hydrogen-bond donors (Lipinski definition) is 4. The van der Waals surface area contributed by atoms with Crippen molar-refractivity contribution in [3.05, 3.63) is 24.5 Å². The first-order valence-corrected chi connectivity index (χ1v) is 7.85. The van der Waals surface area contributed by atoms with Crippen molar-refractivity contribution < 1.29 is 19.5 Å². The summed E-state index contributed by atoms with van der Waals surface area (Å²) in [4.78, 5) is 29.6. The highest BCUT2D eigenvalue weighted by molar-refractivity contribution is 7.55. The van der Waals surface area contributed by atoms with Crippen molar-refractivity contribution in [3.8, 4) is 0 Å². The van der Waals surface area contributed by atoms with Crippen molar-refractivity contribution in [2.45, 2.75) is 13.0 Å². The van der Waals surface area contributed by atoms with Gasteiger partial charge in [-0.05, 0) is 6.42 Å². The molecule has 1 atom stereocenters. The smallest absolute Gasteiger partial charge is 0.348 e. The average molecular weight is 313 g/mol. The molecule has 0 spiro atoms. The van der Waals surface area contributed by atoms with Crippen LogP contribution in [0.1, 0.15) is 6.42 Å². The lowest BCUT2D eigenvalue weighted by Gasteiger charge is -2.10. The van der Waals surface area contributed by atoms with Crippen molar-refractivity contribution in [3.63, 3.8) is 0 Å². The van der Waals surface area contributed by atoms with Crippen LogP contribution in [0.25, 0.3) is 11.2 Å². The van der Waals surface area contributed by atoms with Crippen molar-refractivity contribution in [1.29, 1.82) is 0 Å². The Balaban J connectivity index is 2.08. The number of nitrogens with zero attached hydrogens (tertiary/aromatic N) is 4. The molecule has 0 radical (unpaired) electrons. The number of hydrogen-bond acceptors (Lipinski definition) is 6. The molecule has 10 heteroatoms. The van der Waals surface area contributed by atoms with Gasteiger partial charge < -0.3 is 25.2 Å². The first kappa shape index (κ1) is 15.6. The maximum atomic E-state index is 10.8. The summed E-state index contributed by atoms with van der Waals surface area (Å²) in [6, 6.07) is 0. The van der Waals surface area contributed by atoms with Gasteiger partial charge in [-0.1, -0.05) is 6.08 Å². The first-order chi connectivity index (χ1) is 9.90. The van der Waals surface area contributed by atoms with E-state index in [4.69, 9.17) is 15.5 Å². The van der Waals surface area contributed by atoms with Gasteiger partial charge in [-0.2, -0.15) is 0 Å². The minimum Gasteiger partial charge on any atom is -0.396 e. The Morgan fingerprint density at radius 2 is 2.14 bits per heavy atom. The number of aliphatic hydroxyl groups excluding tert-OH is 1. The van der Waals surface area contributed by atoms with E-state index in [1.54, 1.807) is 10.9 Å². The van der Waals surface area contributed by atoms with Crippen molar-refractivity contribution in [2.75, 3.05) is 12.3 Å². The van der Waals surface area contributed by atoms with Gasteiger partial charge in [0.2, 0.25) is 0 Å². The Bertz CT molecular complexity index is 695. The highest BCUT2D eigenvalue weighted by Crippen LogP contribution is 2.36. The zero-order chi connectivity index (χ0) is 15.5. The van der Waals surface area contributed by atoms with E-state index in [1.807, 2.05) is 0 Å². The third-order valence-corrected chi connectivity index (χ3v) is 3.52. The predicted molar refractivity (Wildman–Crippen MR) is 76.1 cm³/mol. The number of rotatable bonds is 6. The molecule has 2 rings (SSSR count). The zero-order valence-electron chi connectivity index (χ0n) is 11.1. The van der Waals surface area contributed by atoms with E-state index >= 15 is 0 Å². The van der Waals surface area contributed by atoms with E-state index in [-0.39, 0.29) is 12.5 Å². The SMILES string of the molecule is Nc1ncnc2c1ncn2CC[C@H](/C=C/P(=O)(O)O)CO. The lowest BCUT2D eigenvalue weighted by atomic mass is 10.1. The van der Waals surface area contributed by atoms with E-state index in [2.05, 4.69) is 15.0 Å². The summed E-state index contributed by atoms with van der Waals surface area (Å²) < 4.78 is 12.5. The van der Waals surface area contributed by atoms with Crippen LogP contribution in [0.3, 0.4) is 0 Å². The molecule has 0 saturated carbocycles. The molecule has 0 unspecified atom stereocenters. The highest BCUT2D eigenvalue weighted by Gasteiger charge is 2.12. The molecule has 21 heavy (non-hydrogen) atoms. The molecule has 2 aromatic heterocycles. The minimum atomic E-state index is -4.21. The normalized spacial score (nSPS) is 14.0. The molecular formula is C11H16N5O4P. The lowest BCUT2D eigenvalue weighted by Crippen LogP contribution is -2.08. The summed E-state index contributed by atoms with van der Waals surface area (Å²) in [5.74, 6) is 0.730. The predicted octanol–water partition coefficient (Wildman–Crippen LogP) is 0.0985. The minimum absolute atomic E-state index is 0.208. The maximum absolute atomic E-state index is 10.8. The molecule has 0 amide bonds. The van der Waals surface area contributed by atoms with Crippen LogP contribution in [0.2, 0.25) is 0 Å². The van der Waals surface area contributed by atoms with Crippen LogP contribution in [0.5, 0.6) is 0 Å². The number of fused-ring (bicyclic) bond motifs is 1. The van der Waals surface area contributed by atoms with Gasteiger partial charge in [0.15, 0.2) is 11.5 Å². The summed E-state index contributed by atoms with van der Waals surface area (Å²) in [5, 5.41) is 9.23. The largest absolute Gasteiger partial charge is 0.396 e. The van der Waals surface area contributed by atoms with E-state index in [9.17, 15) is 9.67 Å². The zero-order valence-corrected chi connectivity index (χ0v) is 12.0. The molecule has 0 fully saturated rings. The summed E-state index contributed by atoms with van der Waals surface area (Å²) in [5.41, 5.74) is 6.77. The second-order valence-electron chi connectivity index (χ2n) is 4.53. The standard InChI is InChI=1S/C11H16N5O4P/c12-10-9-11(14-6-13-10)16(7-15-9)3-1-8(5-17)2-4-21(18,19)20/h2,4,6-8,17H,1,3,5H2,(H2,12,13,14)(H2,18,19,20)/b4-2+/t8-/m1/s1. The Labute approximate surface area is 120 Å². The molecular weight excluding hydrogens is 297 g/mol. The van der Waals surface area contributed by atoms with Crippen LogP contribution >= 0.6 is 7.60 Å². The van der Waals surface area contributed by atoms with Crippen molar-refractivity contribution >= 4 is 24.6 Å². The fraction of sp³-hybridized carbons (Fsp3) is 0.364. The highest BCUT2D eigenvalue weighted by atomic mass is 31.2. The number of aryl methyl sites for hydroxylation is 1. The van der Waals surface area contributed by atoms with Gasteiger partial charge in [0.05, 0.1) is 6.33 Å². The summed E-state index contributed by atoms with van der Waals surface area (Å²) in [6.07, 6.45) is 4.70. The number of aromatic nitrogens is 4. The van der Waals surface area contributed by atoms with E-state index < -0.39 is 7.60 Å². The fourth-order valence-electron chi connectivity index (χ4n) is 1.85. The third kappa shape index (κ3) is 4.08. The van der Waals surface area contributed by atoms with Crippen molar-refractivity contribution in [1.82, 2.24) is 19.5 Å². The van der Waals surface area contributed by atoms with Gasteiger partial charge in [0.1, 0.15) is 11.8 Å². The monoisotopic (exact) mass is 313 g/mol. The maximum Gasteiger partial charge on any atom is 0.348 e. The number of nitrogens with two attached hydrogens (primary N) is 1. The average Bonchev–Trinajstić information content (AvgIpc) is 2.83. The summed E-state index contributed by atoms with van der Waals surface area (Å²) in [6.45, 7) is 0.268. The number of nitrogen functional groups attached to an aromatic ring is 1. The summed E-state index contributed by atoms with van der Waals surface area (Å²) in [7, 11) is -4.21. The fourth-order valence-corrected chi connectivity index (χ4v) is 2.32. The third-order valence-electron chi connectivity index (χ3n) is 2.96. The molecule has 2 heterocycles. The molecule has 0 bridgehead atoms. The molecule has 0 aliphatic heterocycles. The topological polar surface area (TPSA) is 147 Å². The van der Waals surface area contributed by atoms with Crippen LogP contribution in [-0.4, -0.2) is 41.0 Å². The van der Waals surface area contributed by atoms with Gasteiger partial charge in [-0.3, -0.25) is 4.57 Å². The quantitative estimate of drug-likeness (QED) is 0.549. The van der Waals surface area contributed by atoms with Gasteiger partial charge in [0, 0.05) is 24.9 Å². The van der Waals surface area contributed by atoms with Crippen LogP contribution < -0.4 is 5.73 Å². The number of aliphatic hydroxyl groups is 1. The Morgan fingerprint density at radius 1 is 1.38 bits per heavy atom. The molecule has 9 nitrogen and oxygen atoms in total. The Hall–Kier alpha value is -1.80. The molecule has 0 aromatic carbocycles. The molecule has 0 saturated heterocycles. The number of anilines is 1. The summed E-state index contributed by atoms with van der Waals surface area (Å²) >= 11 is 0. The number of imidazole rings is 1. The van der Waals surface area contributed by atoms with E-state index in [1.165, 1.54) is 12.4 Å². The Kier molecular flexibility index (Phi) is 4.69. The van der Waals surface area contributed by atoms with Crippen LogP contribution in [0.15, 0.2) is 24.5 Å². The van der Waals surface area contributed by atoms with Gasteiger partial charge in [0.25, 0.3) is 0 Å². The molecule has 0 aliphatic rings. The lowest BCUT2D eigenvalue weighted by molar-refractivity contribution is 0.242. The molecule has 0 aliphatic carbocycles. The van der Waals surface area contributed by atoms with Crippen LogP contribution in [-0.2, 0) is 11.1 Å². The molecule has 5 N–H and O–H groups in total. The second kappa shape index (κ2) is 6.31. The van der Waals surface area contributed by atoms with Crippen molar-refractivity contribution in [2.24, 2.45) is 5.92 Å². The first-order valence-electron chi connectivity index (χ1n) is 6.17. The Morgan fingerprint density at radius 3 is 2.81 bits per heavy atom. The van der Waals surface area contributed by atoms with E-state index in [0.29, 0.717) is 29.9 Å². The molecule has 2 aromatic rings. The molecule has 114 valence electrons. The van der Waals surface area contributed by atoms with Crippen LogP contribution in [0, 0.1) is 5.92 Å². The van der Waals surface area contributed by atoms with Crippen LogP contribution in [0.4, 0.5) is 5.82 Å².